The molecule has 2 fully saturated rings. The summed E-state index contributed by atoms with van der Waals surface area (Å²) in [4.78, 5) is 75.6. The lowest BCUT2D eigenvalue weighted by Gasteiger charge is -2.43. The van der Waals surface area contributed by atoms with Crippen LogP contribution >= 0.6 is 0 Å². The second-order valence-electron chi connectivity index (χ2n) is 11.1. The molecule has 0 radical (unpaired) electrons. The largest absolute Gasteiger partial charge is 0.463 e. The number of nitrogens with zero attached hydrogens (tertiary/aromatic N) is 3. The molecule has 0 aromatic heterocycles. The molecule has 0 aliphatic carbocycles. The van der Waals surface area contributed by atoms with E-state index in [4.69, 9.17) is 33.2 Å². The van der Waals surface area contributed by atoms with Crippen molar-refractivity contribution in [3.8, 4) is 5.75 Å². The SMILES string of the molecule is CC(=O)OC[C@H]1O[C@H](Oc2ccc(COC(=O)N3CCN(c4ccccc4)CC3)cc2[N+](=O)[O-])[C@H](OC(C)=O)[C@@H](OC(C)=O)[C@H]1OC(C)=O. The second kappa shape index (κ2) is 16.6. The summed E-state index contributed by atoms with van der Waals surface area (Å²) < 4.78 is 38.3. The third-order valence-corrected chi connectivity index (χ3v) is 7.43. The molecule has 0 saturated carbocycles. The molecule has 0 unspecified atom stereocenters. The Morgan fingerprint density at radius 2 is 1.41 bits per heavy atom. The summed E-state index contributed by atoms with van der Waals surface area (Å²) in [7, 11) is 0. The minimum absolute atomic E-state index is 0.275. The molecule has 2 aromatic carbocycles. The van der Waals surface area contributed by atoms with E-state index in [1.54, 1.807) is 4.90 Å². The highest BCUT2D eigenvalue weighted by atomic mass is 16.7. The number of nitro groups is 1. The van der Waals surface area contributed by atoms with Gasteiger partial charge in [0.05, 0.1) is 4.92 Å². The number of carbonyl (C=O) groups excluding carboxylic acids is 5. The number of rotatable bonds is 11. The van der Waals surface area contributed by atoms with Gasteiger partial charge in [-0.2, -0.15) is 0 Å². The first kappa shape index (κ1) is 36.4. The van der Waals surface area contributed by atoms with Crippen LogP contribution < -0.4 is 9.64 Å². The van der Waals surface area contributed by atoms with Gasteiger partial charge in [-0.15, -0.1) is 0 Å². The maximum Gasteiger partial charge on any atom is 0.410 e. The lowest BCUT2D eigenvalue weighted by atomic mass is 9.98. The molecule has 2 saturated heterocycles. The summed E-state index contributed by atoms with van der Waals surface area (Å²) in [5.41, 5.74) is 0.767. The van der Waals surface area contributed by atoms with Crippen molar-refractivity contribution in [1.29, 1.82) is 0 Å². The monoisotopic (exact) mass is 687 g/mol. The number of hydrogen-bond acceptors (Lipinski definition) is 15. The fourth-order valence-electron chi connectivity index (χ4n) is 5.33. The third kappa shape index (κ3) is 10.0. The molecule has 2 aliphatic heterocycles. The van der Waals surface area contributed by atoms with Gasteiger partial charge in [0.25, 0.3) is 0 Å². The molecule has 5 atom stereocenters. The van der Waals surface area contributed by atoms with E-state index in [1.807, 2.05) is 30.3 Å². The minimum atomic E-state index is -1.68. The average molecular weight is 688 g/mol. The zero-order valence-corrected chi connectivity index (χ0v) is 27.3. The van der Waals surface area contributed by atoms with Crippen LogP contribution in [0.3, 0.4) is 0 Å². The summed E-state index contributed by atoms with van der Waals surface area (Å²) in [6.07, 6.45) is -8.14. The van der Waals surface area contributed by atoms with Gasteiger partial charge in [0.1, 0.15) is 19.3 Å². The minimum Gasteiger partial charge on any atom is -0.463 e. The number of esters is 4. The predicted molar refractivity (Wildman–Crippen MR) is 166 cm³/mol. The van der Waals surface area contributed by atoms with Crippen LogP contribution in [0.15, 0.2) is 48.5 Å². The normalized spacial score (nSPS) is 21.9. The first-order valence-corrected chi connectivity index (χ1v) is 15.3. The highest BCUT2D eigenvalue weighted by Gasteiger charge is 2.53. The van der Waals surface area contributed by atoms with Crippen molar-refractivity contribution < 1.29 is 62.1 Å². The zero-order valence-electron chi connectivity index (χ0n) is 27.3. The number of amides is 1. The molecule has 2 aliphatic rings. The average Bonchev–Trinajstić information content (AvgIpc) is 3.05. The molecule has 2 heterocycles. The van der Waals surface area contributed by atoms with Gasteiger partial charge in [0.2, 0.25) is 12.4 Å². The van der Waals surface area contributed by atoms with Crippen molar-refractivity contribution in [3.63, 3.8) is 0 Å². The topological polar surface area (TPSA) is 200 Å². The van der Waals surface area contributed by atoms with E-state index in [9.17, 15) is 34.1 Å². The Morgan fingerprint density at radius 1 is 0.796 bits per heavy atom. The Balaban J connectivity index is 1.51. The quantitative estimate of drug-likeness (QED) is 0.144. The van der Waals surface area contributed by atoms with Crippen LogP contribution in [0.4, 0.5) is 16.2 Å². The van der Waals surface area contributed by atoms with Crippen LogP contribution in [0, 0.1) is 10.1 Å². The molecule has 17 heteroatoms. The van der Waals surface area contributed by atoms with Gasteiger partial charge in [-0.05, 0) is 23.8 Å². The van der Waals surface area contributed by atoms with E-state index < -0.39 is 77.9 Å². The number of nitro benzene ring substituents is 1. The van der Waals surface area contributed by atoms with Crippen molar-refractivity contribution >= 4 is 41.3 Å². The molecule has 0 bridgehead atoms. The number of carbonyl (C=O) groups is 5. The van der Waals surface area contributed by atoms with Crippen LogP contribution in [0.25, 0.3) is 0 Å². The maximum absolute atomic E-state index is 12.8. The molecule has 264 valence electrons. The highest BCUT2D eigenvalue weighted by Crippen LogP contribution is 2.35. The molecule has 1 amide bonds. The van der Waals surface area contributed by atoms with Gasteiger partial charge in [-0.3, -0.25) is 29.3 Å². The Kier molecular flexibility index (Phi) is 12.3. The van der Waals surface area contributed by atoms with Crippen LogP contribution in [-0.2, 0) is 54.2 Å². The third-order valence-electron chi connectivity index (χ3n) is 7.43. The van der Waals surface area contributed by atoms with E-state index in [2.05, 4.69) is 4.90 Å². The molecule has 4 rings (SSSR count). The number of benzene rings is 2. The highest BCUT2D eigenvalue weighted by molar-refractivity contribution is 5.69. The first-order chi connectivity index (χ1) is 23.3. The number of hydrogen-bond donors (Lipinski definition) is 0. The van der Waals surface area contributed by atoms with Crippen LogP contribution in [0.2, 0.25) is 0 Å². The van der Waals surface area contributed by atoms with Crippen molar-refractivity contribution in [2.75, 3.05) is 37.7 Å². The van der Waals surface area contributed by atoms with Crippen LogP contribution in [0.5, 0.6) is 5.75 Å². The van der Waals surface area contributed by atoms with Crippen molar-refractivity contribution in [1.82, 2.24) is 4.90 Å². The van der Waals surface area contributed by atoms with Crippen LogP contribution in [-0.4, -0.2) is 103 Å². The zero-order chi connectivity index (χ0) is 35.7. The predicted octanol–water partition coefficient (Wildman–Crippen LogP) is 2.52. The standard InChI is InChI=1S/C32H37N3O14/c1-19(36)43-18-27-28(45-20(2)37)29(46-21(3)38)30(47-22(4)39)31(49-27)48-26-11-10-23(16-25(26)35(41)42)17-44-32(40)34-14-12-33(13-15-34)24-8-6-5-7-9-24/h5-11,16,27-31H,12-15,17-18H2,1-4H3/t27-,28+,29+,30-,31+/m1/s1. The molecule has 2 aromatic rings. The smallest absolute Gasteiger partial charge is 0.410 e. The van der Waals surface area contributed by atoms with Gasteiger partial charge in [-0.25, -0.2) is 4.79 Å². The van der Waals surface area contributed by atoms with Crippen molar-refractivity contribution in [2.45, 2.75) is 65.0 Å². The van der Waals surface area contributed by atoms with Gasteiger partial charge >= 0.3 is 35.7 Å². The van der Waals surface area contributed by atoms with Gasteiger partial charge in [-0.1, -0.05) is 24.3 Å². The fraction of sp³-hybridized carbons (Fsp3) is 0.469. The number of piperazine rings is 1. The maximum atomic E-state index is 12.8. The summed E-state index contributed by atoms with van der Waals surface area (Å²) >= 11 is 0. The Morgan fingerprint density at radius 3 is 2.00 bits per heavy atom. The van der Waals surface area contributed by atoms with Gasteiger partial charge < -0.3 is 43.0 Å². The molecule has 0 spiro atoms. The summed E-state index contributed by atoms with van der Waals surface area (Å²) in [5.74, 6) is -3.60. The number of anilines is 1. The molecule has 0 N–H and O–H groups in total. The number of para-hydroxylation sites is 1. The van der Waals surface area contributed by atoms with Gasteiger partial charge in [0, 0.05) is 65.6 Å². The molecule has 49 heavy (non-hydrogen) atoms. The van der Waals surface area contributed by atoms with E-state index in [0.29, 0.717) is 26.2 Å². The molecular weight excluding hydrogens is 650 g/mol. The van der Waals surface area contributed by atoms with E-state index in [0.717, 1.165) is 39.4 Å². The summed E-state index contributed by atoms with van der Waals surface area (Å²) in [6, 6.07) is 13.6. The first-order valence-electron chi connectivity index (χ1n) is 15.3. The fourth-order valence-corrected chi connectivity index (χ4v) is 5.33. The number of ether oxygens (including phenoxy) is 7. The lowest BCUT2D eigenvalue weighted by molar-refractivity contribution is -0.387. The Bertz CT molecular complexity index is 1530. The van der Waals surface area contributed by atoms with E-state index >= 15 is 0 Å². The lowest BCUT2D eigenvalue weighted by Crippen LogP contribution is -2.63. The summed E-state index contributed by atoms with van der Waals surface area (Å²) in [5, 5.41) is 12.1. The van der Waals surface area contributed by atoms with Crippen LogP contribution in [0.1, 0.15) is 33.3 Å². The molecule has 17 nitrogen and oxygen atoms in total. The summed E-state index contributed by atoms with van der Waals surface area (Å²) in [6.45, 7) is 5.59. The molecular formula is C32H37N3O14. The Hall–Kier alpha value is -5.45. The van der Waals surface area contributed by atoms with E-state index in [-0.39, 0.29) is 17.9 Å². The van der Waals surface area contributed by atoms with Crippen molar-refractivity contribution in [2.24, 2.45) is 0 Å². The second-order valence-corrected chi connectivity index (χ2v) is 11.1. The van der Waals surface area contributed by atoms with E-state index in [1.165, 1.54) is 12.1 Å². The van der Waals surface area contributed by atoms with Gasteiger partial charge in [0.15, 0.2) is 18.0 Å². The van der Waals surface area contributed by atoms with Crippen molar-refractivity contribution in [3.05, 3.63) is 64.2 Å². The Labute approximate surface area is 281 Å².